The third-order valence-corrected chi connectivity index (χ3v) is 3.50. The van der Waals surface area contributed by atoms with Gasteiger partial charge in [0, 0.05) is 0 Å². The minimum atomic E-state index is 1.08. The lowest BCUT2D eigenvalue weighted by molar-refractivity contribution is 0.577. The van der Waals surface area contributed by atoms with Gasteiger partial charge < -0.3 is 0 Å². The fraction of sp³-hybridized carbons (Fsp3) is 0.700. The van der Waals surface area contributed by atoms with E-state index in [2.05, 4.69) is 50.3 Å². The number of rotatable bonds is 14. The second-order valence-electron chi connectivity index (χ2n) is 5.62. The van der Waals surface area contributed by atoms with Gasteiger partial charge in [0.1, 0.15) is 0 Å². The van der Waals surface area contributed by atoms with Gasteiger partial charge in [0.2, 0.25) is 0 Å². The Bertz CT molecular complexity index is 245. The molecule has 0 aromatic rings. The lowest BCUT2D eigenvalue weighted by Gasteiger charge is -1.99. The Morgan fingerprint density at radius 2 is 1.15 bits per heavy atom. The first kappa shape index (κ1) is 19.2. The van der Waals surface area contributed by atoms with Gasteiger partial charge in [-0.05, 0) is 25.7 Å². The lowest BCUT2D eigenvalue weighted by Crippen LogP contribution is -1.79. The molecule has 0 aromatic heterocycles. The molecular weight excluding hydrogens is 240 g/mol. The number of hydrogen-bond acceptors (Lipinski definition) is 0. The van der Waals surface area contributed by atoms with Crippen LogP contribution in [-0.2, 0) is 0 Å². The molecule has 0 fully saturated rings. The Kier molecular flexibility index (Phi) is 17.5. The summed E-state index contributed by atoms with van der Waals surface area (Å²) in [6.07, 6.45) is 29.5. The summed E-state index contributed by atoms with van der Waals surface area (Å²) >= 11 is 0. The normalized spacial score (nSPS) is 12.3. The molecule has 0 radical (unpaired) electrons. The van der Waals surface area contributed by atoms with E-state index < -0.39 is 0 Å². The van der Waals surface area contributed by atoms with Crippen molar-refractivity contribution in [3.05, 3.63) is 36.5 Å². The van der Waals surface area contributed by atoms with E-state index >= 15 is 0 Å². The van der Waals surface area contributed by atoms with E-state index in [-0.39, 0.29) is 0 Å². The van der Waals surface area contributed by atoms with Crippen LogP contribution in [0.1, 0.15) is 90.9 Å². The summed E-state index contributed by atoms with van der Waals surface area (Å²) in [6.45, 7) is 4.49. The van der Waals surface area contributed by atoms with Gasteiger partial charge in [-0.1, -0.05) is 102 Å². The van der Waals surface area contributed by atoms with Gasteiger partial charge in [-0.3, -0.25) is 0 Å². The molecule has 0 bridgehead atoms. The van der Waals surface area contributed by atoms with Crippen LogP contribution in [0.25, 0.3) is 0 Å². The Hall–Kier alpha value is -0.780. The van der Waals surface area contributed by atoms with Crippen molar-refractivity contribution in [3.8, 4) is 0 Å². The van der Waals surface area contributed by atoms with Crippen LogP contribution in [0.3, 0.4) is 0 Å². The van der Waals surface area contributed by atoms with E-state index in [1.54, 1.807) is 0 Å². The third-order valence-electron chi connectivity index (χ3n) is 3.50. The minimum absolute atomic E-state index is 1.08. The smallest absolute Gasteiger partial charge is 0.0166 e. The monoisotopic (exact) mass is 276 g/mol. The Balaban J connectivity index is 3.19. The molecular formula is C20H36. The molecule has 0 amide bonds. The molecule has 0 atom stereocenters. The standard InChI is InChI=1S/C20H36/c1-3-5-7-9-11-13-15-17-19-20-18-16-14-12-10-8-6-4-2/h7,9,11,13,17,19H,3-6,8,10,12,14-16,18,20H2,1-2H3. The van der Waals surface area contributed by atoms with Crippen LogP contribution in [0, 0.1) is 0 Å². The van der Waals surface area contributed by atoms with Gasteiger partial charge in [0.15, 0.2) is 0 Å². The number of hydrogen-bond donors (Lipinski definition) is 0. The van der Waals surface area contributed by atoms with Crippen LogP contribution in [0.5, 0.6) is 0 Å². The highest BCUT2D eigenvalue weighted by Crippen LogP contribution is 2.09. The van der Waals surface area contributed by atoms with E-state index in [0.717, 1.165) is 6.42 Å². The topological polar surface area (TPSA) is 0 Å². The van der Waals surface area contributed by atoms with Crippen LogP contribution in [0.2, 0.25) is 0 Å². The predicted molar refractivity (Wildman–Crippen MR) is 94.2 cm³/mol. The van der Waals surface area contributed by atoms with Crippen molar-refractivity contribution in [1.82, 2.24) is 0 Å². The summed E-state index contributed by atoms with van der Waals surface area (Å²) in [5.41, 5.74) is 0. The van der Waals surface area contributed by atoms with Gasteiger partial charge in [-0.15, -0.1) is 0 Å². The summed E-state index contributed by atoms with van der Waals surface area (Å²) in [5.74, 6) is 0. The van der Waals surface area contributed by atoms with Gasteiger partial charge in [0.05, 0.1) is 0 Å². The minimum Gasteiger partial charge on any atom is -0.0882 e. The molecule has 0 N–H and O–H groups in total. The second kappa shape index (κ2) is 18.2. The molecule has 0 nitrogen and oxygen atoms in total. The molecule has 0 aliphatic rings. The zero-order valence-electron chi connectivity index (χ0n) is 13.9. The summed E-state index contributed by atoms with van der Waals surface area (Å²) in [6, 6.07) is 0. The highest BCUT2D eigenvalue weighted by Gasteiger charge is 1.90. The molecule has 0 saturated heterocycles. The number of unbranched alkanes of at least 4 members (excludes halogenated alkanes) is 9. The maximum Gasteiger partial charge on any atom is -0.0166 e. The van der Waals surface area contributed by atoms with E-state index in [1.807, 2.05) is 0 Å². The van der Waals surface area contributed by atoms with Crippen molar-refractivity contribution >= 4 is 0 Å². The van der Waals surface area contributed by atoms with Crippen LogP contribution < -0.4 is 0 Å². The molecule has 0 heterocycles. The van der Waals surface area contributed by atoms with Crippen molar-refractivity contribution in [1.29, 1.82) is 0 Å². The molecule has 0 rings (SSSR count). The molecule has 116 valence electrons. The summed E-state index contributed by atoms with van der Waals surface area (Å²) < 4.78 is 0. The summed E-state index contributed by atoms with van der Waals surface area (Å²) in [7, 11) is 0. The predicted octanol–water partition coefficient (Wildman–Crippen LogP) is 7.38. The van der Waals surface area contributed by atoms with E-state index in [1.165, 1.54) is 70.6 Å². The van der Waals surface area contributed by atoms with Crippen molar-refractivity contribution in [3.63, 3.8) is 0 Å². The second-order valence-corrected chi connectivity index (χ2v) is 5.62. The summed E-state index contributed by atoms with van der Waals surface area (Å²) in [4.78, 5) is 0. The zero-order chi connectivity index (χ0) is 14.7. The van der Waals surface area contributed by atoms with E-state index in [0.29, 0.717) is 0 Å². The van der Waals surface area contributed by atoms with Crippen molar-refractivity contribution in [2.24, 2.45) is 0 Å². The fourth-order valence-electron chi connectivity index (χ4n) is 2.19. The van der Waals surface area contributed by atoms with E-state index in [4.69, 9.17) is 0 Å². The largest absolute Gasteiger partial charge is 0.0882 e. The molecule has 20 heavy (non-hydrogen) atoms. The lowest BCUT2D eigenvalue weighted by atomic mass is 10.1. The third kappa shape index (κ3) is 17.2. The van der Waals surface area contributed by atoms with Gasteiger partial charge >= 0.3 is 0 Å². The number of allylic oxidation sites excluding steroid dienone is 6. The summed E-state index contributed by atoms with van der Waals surface area (Å²) in [5, 5.41) is 0. The fourth-order valence-corrected chi connectivity index (χ4v) is 2.19. The van der Waals surface area contributed by atoms with Crippen molar-refractivity contribution < 1.29 is 0 Å². The average molecular weight is 277 g/mol. The molecule has 0 saturated carbocycles. The first-order chi connectivity index (χ1) is 9.91. The Labute approximate surface area is 128 Å². The highest BCUT2D eigenvalue weighted by atomic mass is 14.0. The SMILES string of the molecule is CCCC=CC=CCC=CCCCCCCCCCC. The molecule has 0 unspecified atom stereocenters. The molecule has 0 spiro atoms. The molecule has 0 aliphatic carbocycles. The first-order valence-corrected chi connectivity index (χ1v) is 8.88. The zero-order valence-corrected chi connectivity index (χ0v) is 13.9. The molecule has 0 aromatic carbocycles. The quantitative estimate of drug-likeness (QED) is 0.176. The highest BCUT2D eigenvalue weighted by molar-refractivity contribution is 5.04. The first-order valence-electron chi connectivity index (χ1n) is 8.88. The van der Waals surface area contributed by atoms with Gasteiger partial charge in [0.25, 0.3) is 0 Å². The molecule has 0 aliphatic heterocycles. The van der Waals surface area contributed by atoms with Crippen molar-refractivity contribution in [2.45, 2.75) is 90.9 Å². The van der Waals surface area contributed by atoms with Gasteiger partial charge in [-0.2, -0.15) is 0 Å². The van der Waals surface area contributed by atoms with Crippen LogP contribution >= 0.6 is 0 Å². The van der Waals surface area contributed by atoms with Crippen molar-refractivity contribution in [2.75, 3.05) is 0 Å². The maximum atomic E-state index is 2.34. The molecule has 0 heteroatoms. The Morgan fingerprint density at radius 3 is 1.85 bits per heavy atom. The van der Waals surface area contributed by atoms with Crippen LogP contribution in [-0.4, -0.2) is 0 Å². The van der Waals surface area contributed by atoms with E-state index in [9.17, 15) is 0 Å². The Morgan fingerprint density at radius 1 is 0.500 bits per heavy atom. The van der Waals surface area contributed by atoms with Crippen LogP contribution in [0.4, 0.5) is 0 Å². The van der Waals surface area contributed by atoms with Crippen LogP contribution in [0.15, 0.2) is 36.5 Å². The average Bonchev–Trinajstić information content (AvgIpc) is 2.47. The van der Waals surface area contributed by atoms with Gasteiger partial charge in [-0.25, -0.2) is 0 Å². The maximum absolute atomic E-state index is 2.34.